The van der Waals surface area contributed by atoms with Gasteiger partial charge in [0, 0.05) is 6.54 Å². The van der Waals surface area contributed by atoms with Gasteiger partial charge in [-0.25, -0.2) is 0 Å². The van der Waals surface area contributed by atoms with Crippen LogP contribution in [0.5, 0.6) is 0 Å². The first-order chi connectivity index (χ1) is 7.61. The number of ether oxygens (including phenoxy) is 1. The molecular formula is C11H22N2O3. The largest absolute Gasteiger partial charge is 0.466 e. The van der Waals surface area contributed by atoms with Crippen LogP contribution in [0, 0.1) is 0 Å². The van der Waals surface area contributed by atoms with Crippen molar-refractivity contribution in [2.75, 3.05) is 13.2 Å². The molecule has 0 fully saturated rings. The fraction of sp³-hybridized carbons (Fsp3) is 0.818. The van der Waals surface area contributed by atoms with E-state index in [1.54, 1.807) is 6.92 Å². The molecule has 0 aliphatic heterocycles. The van der Waals surface area contributed by atoms with Crippen LogP contribution in [0.2, 0.25) is 0 Å². The SMILES string of the molecule is CCCC[C@H](N)C(=O)NCCC(=O)OCC. The zero-order valence-corrected chi connectivity index (χ0v) is 10.1. The lowest BCUT2D eigenvalue weighted by Crippen LogP contribution is -2.41. The van der Waals surface area contributed by atoms with Crippen molar-refractivity contribution in [3.8, 4) is 0 Å². The number of hydrogen-bond acceptors (Lipinski definition) is 4. The van der Waals surface area contributed by atoms with Gasteiger partial charge in [0.15, 0.2) is 0 Å². The van der Waals surface area contributed by atoms with E-state index in [-0.39, 0.29) is 24.8 Å². The fourth-order valence-electron chi connectivity index (χ4n) is 1.21. The number of amides is 1. The Morgan fingerprint density at radius 2 is 2.06 bits per heavy atom. The summed E-state index contributed by atoms with van der Waals surface area (Å²) in [4.78, 5) is 22.4. The topological polar surface area (TPSA) is 81.4 Å². The molecule has 0 unspecified atom stereocenters. The summed E-state index contributed by atoms with van der Waals surface area (Å²) in [6.07, 6.45) is 2.83. The van der Waals surface area contributed by atoms with E-state index in [2.05, 4.69) is 5.32 Å². The van der Waals surface area contributed by atoms with Crippen molar-refractivity contribution in [2.45, 2.75) is 45.6 Å². The minimum Gasteiger partial charge on any atom is -0.466 e. The van der Waals surface area contributed by atoms with E-state index in [0.717, 1.165) is 12.8 Å². The van der Waals surface area contributed by atoms with Crippen LogP contribution in [0.25, 0.3) is 0 Å². The van der Waals surface area contributed by atoms with Gasteiger partial charge in [-0.2, -0.15) is 0 Å². The number of carbonyl (C=O) groups is 2. The van der Waals surface area contributed by atoms with Crippen LogP contribution < -0.4 is 11.1 Å². The highest BCUT2D eigenvalue weighted by molar-refractivity contribution is 5.81. The third kappa shape index (κ3) is 7.23. The number of nitrogens with two attached hydrogens (primary N) is 1. The summed E-state index contributed by atoms with van der Waals surface area (Å²) in [6, 6.07) is -0.470. The predicted octanol–water partition coefficient (Wildman–Crippen LogP) is 0.573. The molecule has 0 bridgehead atoms. The molecule has 16 heavy (non-hydrogen) atoms. The monoisotopic (exact) mass is 230 g/mol. The first kappa shape index (κ1) is 14.9. The summed E-state index contributed by atoms with van der Waals surface area (Å²) in [5.74, 6) is -0.498. The Balaban J connectivity index is 3.60. The Labute approximate surface area is 96.7 Å². The number of esters is 1. The Kier molecular flexibility index (Phi) is 8.52. The molecule has 0 aliphatic rings. The molecule has 5 nitrogen and oxygen atoms in total. The van der Waals surface area contributed by atoms with Crippen LogP contribution in [0.3, 0.4) is 0 Å². The second-order valence-electron chi connectivity index (χ2n) is 3.59. The van der Waals surface area contributed by atoms with Crippen LogP contribution in [0.1, 0.15) is 39.5 Å². The Hall–Kier alpha value is -1.10. The maximum Gasteiger partial charge on any atom is 0.307 e. The highest BCUT2D eigenvalue weighted by atomic mass is 16.5. The van der Waals surface area contributed by atoms with Gasteiger partial charge in [0.25, 0.3) is 0 Å². The Morgan fingerprint density at radius 1 is 1.38 bits per heavy atom. The fourth-order valence-corrected chi connectivity index (χ4v) is 1.21. The molecule has 1 amide bonds. The maximum atomic E-state index is 11.4. The quantitative estimate of drug-likeness (QED) is 0.597. The lowest BCUT2D eigenvalue weighted by molar-refractivity contribution is -0.143. The van der Waals surface area contributed by atoms with Crippen molar-refractivity contribution in [1.82, 2.24) is 5.32 Å². The molecule has 0 saturated carbocycles. The summed E-state index contributed by atoms with van der Waals surface area (Å²) in [6.45, 7) is 4.45. The van der Waals surface area contributed by atoms with Crippen molar-refractivity contribution in [2.24, 2.45) is 5.73 Å². The molecular weight excluding hydrogens is 208 g/mol. The molecule has 94 valence electrons. The van der Waals surface area contributed by atoms with Gasteiger partial charge in [-0.05, 0) is 13.3 Å². The standard InChI is InChI=1S/C11H22N2O3/c1-3-5-6-9(12)11(15)13-8-7-10(14)16-4-2/h9H,3-8,12H2,1-2H3,(H,13,15)/t9-/m0/s1. The van der Waals surface area contributed by atoms with E-state index in [1.807, 2.05) is 6.92 Å². The number of unbranched alkanes of at least 4 members (excludes halogenated alkanes) is 1. The van der Waals surface area contributed by atoms with Crippen molar-refractivity contribution < 1.29 is 14.3 Å². The molecule has 0 radical (unpaired) electrons. The molecule has 0 spiro atoms. The van der Waals surface area contributed by atoms with Gasteiger partial charge in [0.1, 0.15) is 0 Å². The van der Waals surface area contributed by atoms with Crippen LogP contribution in [0.4, 0.5) is 0 Å². The van der Waals surface area contributed by atoms with Gasteiger partial charge in [-0.15, -0.1) is 0 Å². The Morgan fingerprint density at radius 3 is 2.62 bits per heavy atom. The smallest absolute Gasteiger partial charge is 0.307 e. The molecule has 0 heterocycles. The molecule has 0 aromatic rings. The van der Waals surface area contributed by atoms with Gasteiger partial charge >= 0.3 is 5.97 Å². The van der Waals surface area contributed by atoms with Gasteiger partial charge in [-0.1, -0.05) is 19.8 Å². The van der Waals surface area contributed by atoms with E-state index in [1.165, 1.54) is 0 Å². The average molecular weight is 230 g/mol. The van der Waals surface area contributed by atoms with Crippen molar-refractivity contribution in [3.63, 3.8) is 0 Å². The molecule has 0 aromatic heterocycles. The first-order valence-electron chi connectivity index (χ1n) is 5.80. The molecule has 0 aliphatic carbocycles. The zero-order chi connectivity index (χ0) is 12.4. The molecule has 0 aromatic carbocycles. The normalized spacial score (nSPS) is 11.9. The van der Waals surface area contributed by atoms with E-state index in [9.17, 15) is 9.59 Å². The first-order valence-corrected chi connectivity index (χ1v) is 5.80. The van der Waals surface area contributed by atoms with Crippen LogP contribution in [-0.2, 0) is 14.3 Å². The summed E-state index contributed by atoms with van der Waals surface area (Å²) in [5, 5.41) is 2.62. The van der Waals surface area contributed by atoms with Crippen LogP contribution in [0.15, 0.2) is 0 Å². The van der Waals surface area contributed by atoms with Gasteiger partial charge < -0.3 is 15.8 Å². The second kappa shape index (κ2) is 9.15. The van der Waals surface area contributed by atoms with Crippen molar-refractivity contribution in [1.29, 1.82) is 0 Å². The molecule has 1 atom stereocenters. The third-order valence-corrected chi connectivity index (χ3v) is 2.14. The number of nitrogens with one attached hydrogen (secondary N) is 1. The number of hydrogen-bond donors (Lipinski definition) is 2. The lowest BCUT2D eigenvalue weighted by atomic mass is 10.1. The maximum absolute atomic E-state index is 11.4. The van der Waals surface area contributed by atoms with Gasteiger partial charge in [0.05, 0.1) is 19.1 Å². The van der Waals surface area contributed by atoms with Gasteiger partial charge in [0.2, 0.25) is 5.91 Å². The predicted molar refractivity (Wildman–Crippen MR) is 61.8 cm³/mol. The number of rotatable bonds is 8. The molecule has 0 rings (SSSR count). The molecule has 0 saturated heterocycles. The lowest BCUT2D eigenvalue weighted by Gasteiger charge is -2.11. The number of carbonyl (C=O) groups excluding carboxylic acids is 2. The van der Waals surface area contributed by atoms with E-state index in [4.69, 9.17) is 10.5 Å². The molecule has 3 N–H and O–H groups in total. The minimum absolute atomic E-state index is 0.195. The molecule has 5 heteroatoms. The summed E-state index contributed by atoms with van der Waals surface area (Å²) in [5.41, 5.74) is 5.65. The highest BCUT2D eigenvalue weighted by Gasteiger charge is 2.12. The van der Waals surface area contributed by atoms with E-state index >= 15 is 0 Å². The second-order valence-corrected chi connectivity index (χ2v) is 3.59. The van der Waals surface area contributed by atoms with Crippen LogP contribution in [-0.4, -0.2) is 31.1 Å². The highest BCUT2D eigenvalue weighted by Crippen LogP contribution is 1.98. The van der Waals surface area contributed by atoms with Crippen molar-refractivity contribution in [3.05, 3.63) is 0 Å². The van der Waals surface area contributed by atoms with E-state index in [0.29, 0.717) is 13.0 Å². The van der Waals surface area contributed by atoms with E-state index < -0.39 is 6.04 Å². The zero-order valence-electron chi connectivity index (χ0n) is 10.1. The summed E-state index contributed by atoms with van der Waals surface area (Å²) >= 11 is 0. The average Bonchev–Trinajstić information content (AvgIpc) is 2.26. The summed E-state index contributed by atoms with van der Waals surface area (Å²) in [7, 11) is 0. The van der Waals surface area contributed by atoms with Crippen LogP contribution >= 0.6 is 0 Å². The minimum atomic E-state index is -0.470. The Bertz CT molecular complexity index is 219. The van der Waals surface area contributed by atoms with Crippen molar-refractivity contribution >= 4 is 11.9 Å². The summed E-state index contributed by atoms with van der Waals surface area (Å²) < 4.78 is 4.73. The van der Waals surface area contributed by atoms with Gasteiger partial charge in [-0.3, -0.25) is 9.59 Å². The third-order valence-electron chi connectivity index (χ3n) is 2.14.